The van der Waals surface area contributed by atoms with Gasteiger partial charge >= 0.3 is 0 Å². The van der Waals surface area contributed by atoms with Crippen molar-refractivity contribution in [1.29, 1.82) is 0 Å². The van der Waals surface area contributed by atoms with E-state index in [1.54, 1.807) is 6.92 Å². The number of nitrogens with zero attached hydrogens (tertiary/aromatic N) is 2. The molecule has 1 unspecified atom stereocenters. The minimum absolute atomic E-state index is 0.0129. The summed E-state index contributed by atoms with van der Waals surface area (Å²) in [5.74, 6) is 1.93. The first kappa shape index (κ1) is 11.8. The van der Waals surface area contributed by atoms with E-state index in [1.165, 1.54) is 6.07 Å². The van der Waals surface area contributed by atoms with E-state index in [-0.39, 0.29) is 21.9 Å². The van der Waals surface area contributed by atoms with Gasteiger partial charge in [0.05, 0.1) is 11.6 Å². The lowest BCUT2D eigenvalue weighted by molar-refractivity contribution is 0.0948. The first-order chi connectivity index (χ1) is 7.04. The Kier molecular flexibility index (Phi) is 3.89. The highest BCUT2D eigenvalue weighted by molar-refractivity contribution is 6.34. The van der Waals surface area contributed by atoms with E-state index in [1.807, 2.05) is 0 Å². The van der Waals surface area contributed by atoms with E-state index in [0.717, 1.165) is 0 Å². The summed E-state index contributed by atoms with van der Waals surface area (Å²) in [4.78, 5) is 11.6. The van der Waals surface area contributed by atoms with E-state index < -0.39 is 5.91 Å². The van der Waals surface area contributed by atoms with Crippen LogP contribution in [0.1, 0.15) is 17.3 Å². The largest absolute Gasteiger partial charge is 0.339 e. The molecule has 1 heterocycles. The lowest BCUT2D eigenvalue weighted by Gasteiger charge is -2.07. The zero-order valence-electron chi connectivity index (χ0n) is 7.79. The smallest absolute Gasteiger partial charge is 0.255 e. The Balaban J connectivity index is 2.92. The molecule has 1 rings (SSSR count). The van der Waals surface area contributed by atoms with Crippen LogP contribution in [0.3, 0.4) is 0 Å². The van der Waals surface area contributed by atoms with Crippen molar-refractivity contribution in [2.24, 2.45) is 0 Å². The molecule has 1 amide bonds. The molecule has 15 heavy (non-hydrogen) atoms. The number of halogens is 2. The molecular formula is C9H7Cl2N3O. The van der Waals surface area contributed by atoms with Gasteiger partial charge in [0.25, 0.3) is 5.91 Å². The average molecular weight is 244 g/mol. The summed E-state index contributed by atoms with van der Waals surface area (Å²) in [5, 5.41) is 9.60. The number of carbonyl (C=O) groups is 1. The van der Waals surface area contributed by atoms with Crippen molar-refractivity contribution >= 4 is 29.1 Å². The van der Waals surface area contributed by atoms with E-state index in [0.29, 0.717) is 0 Å². The van der Waals surface area contributed by atoms with Gasteiger partial charge in [-0.25, -0.2) is 0 Å². The molecule has 1 atom stereocenters. The molecule has 4 nitrogen and oxygen atoms in total. The average Bonchev–Trinajstić information content (AvgIpc) is 2.21. The molecular weight excluding hydrogens is 237 g/mol. The van der Waals surface area contributed by atoms with Gasteiger partial charge in [-0.15, -0.1) is 16.6 Å². The number of terminal acetylenes is 1. The molecule has 1 N–H and O–H groups in total. The Labute approximate surface area is 97.0 Å². The number of aromatic nitrogens is 2. The Morgan fingerprint density at radius 2 is 2.27 bits per heavy atom. The lowest BCUT2D eigenvalue weighted by Crippen LogP contribution is -2.31. The lowest BCUT2D eigenvalue weighted by atomic mass is 10.2. The summed E-state index contributed by atoms with van der Waals surface area (Å²) in [6.45, 7) is 1.67. The summed E-state index contributed by atoms with van der Waals surface area (Å²) >= 11 is 11.3. The zero-order valence-corrected chi connectivity index (χ0v) is 9.30. The Hall–Kier alpha value is -1.31. The van der Waals surface area contributed by atoms with Crippen LogP contribution in [0.25, 0.3) is 0 Å². The van der Waals surface area contributed by atoms with Gasteiger partial charge < -0.3 is 5.32 Å². The van der Waals surface area contributed by atoms with Crippen molar-refractivity contribution in [3.8, 4) is 12.3 Å². The highest BCUT2D eigenvalue weighted by Gasteiger charge is 2.14. The maximum Gasteiger partial charge on any atom is 0.255 e. The molecule has 0 fully saturated rings. The van der Waals surface area contributed by atoms with Crippen LogP contribution in [0.15, 0.2) is 6.07 Å². The second-order valence-electron chi connectivity index (χ2n) is 2.73. The normalized spacial score (nSPS) is 11.6. The predicted octanol–water partition coefficient (Wildman–Crippen LogP) is 1.53. The molecule has 0 radical (unpaired) electrons. The molecule has 0 aliphatic rings. The fourth-order valence-electron chi connectivity index (χ4n) is 0.828. The summed E-state index contributed by atoms with van der Waals surface area (Å²) < 4.78 is 0. The van der Waals surface area contributed by atoms with E-state index in [2.05, 4.69) is 21.4 Å². The fourth-order valence-corrected chi connectivity index (χ4v) is 1.15. The molecule has 6 heteroatoms. The topological polar surface area (TPSA) is 54.9 Å². The van der Waals surface area contributed by atoms with E-state index in [4.69, 9.17) is 29.6 Å². The number of hydrogen-bond acceptors (Lipinski definition) is 3. The monoisotopic (exact) mass is 243 g/mol. The molecule has 0 saturated carbocycles. The fraction of sp³-hybridized carbons (Fsp3) is 0.222. The van der Waals surface area contributed by atoms with Crippen LogP contribution >= 0.6 is 23.2 Å². The van der Waals surface area contributed by atoms with Crippen molar-refractivity contribution in [2.45, 2.75) is 13.0 Å². The van der Waals surface area contributed by atoms with E-state index in [9.17, 15) is 4.79 Å². The quantitative estimate of drug-likeness (QED) is 0.802. The minimum Gasteiger partial charge on any atom is -0.339 e. The van der Waals surface area contributed by atoms with Crippen LogP contribution in [-0.2, 0) is 0 Å². The van der Waals surface area contributed by atoms with E-state index >= 15 is 0 Å². The van der Waals surface area contributed by atoms with Gasteiger partial charge in [0, 0.05) is 0 Å². The second-order valence-corrected chi connectivity index (χ2v) is 3.48. The van der Waals surface area contributed by atoms with Gasteiger partial charge in [0.2, 0.25) is 0 Å². The van der Waals surface area contributed by atoms with Crippen molar-refractivity contribution in [2.75, 3.05) is 0 Å². The van der Waals surface area contributed by atoms with Gasteiger partial charge in [-0.1, -0.05) is 29.1 Å². The number of amides is 1. The van der Waals surface area contributed by atoms with Crippen LogP contribution < -0.4 is 5.32 Å². The molecule has 0 saturated heterocycles. The molecule has 1 aromatic rings. The first-order valence-corrected chi connectivity index (χ1v) is 4.76. The van der Waals surface area contributed by atoms with Crippen LogP contribution in [0.2, 0.25) is 10.3 Å². The summed E-state index contributed by atoms with van der Waals surface area (Å²) in [6, 6.07) is 0.940. The van der Waals surface area contributed by atoms with Gasteiger partial charge in [0.1, 0.15) is 0 Å². The summed E-state index contributed by atoms with van der Waals surface area (Å²) in [7, 11) is 0. The second kappa shape index (κ2) is 4.96. The third-order valence-electron chi connectivity index (χ3n) is 1.56. The minimum atomic E-state index is -0.428. The van der Waals surface area contributed by atoms with Gasteiger partial charge in [-0.05, 0) is 13.0 Å². The SMILES string of the molecule is C#CC(C)NC(=O)c1cc(Cl)nnc1Cl. The Morgan fingerprint density at radius 1 is 1.60 bits per heavy atom. The molecule has 0 aromatic carbocycles. The van der Waals surface area contributed by atoms with Crippen LogP contribution in [0.4, 0.5) is 0 Å². The highest BCUT2D eigenvalue weighted by atomic mass is 35.5. The molecule has 78 valence electrons. The first-order valence-electron chi connectivity index (χ1n) is 4.00. The molecule has 0 spiro atoms. The highest BCUT2D eigenvalue weighted by Crippen LogP contribution is 2.15. The van der Waals surface area contributed by atoms with Crippen LogP contribution in [0.5, 0.6) is 0 Å². The zero-order chi connectivity index (χ0) is 11.4. The van der Waals surface area contributed by atoms with Crippen molar-refractivity contribution in [3.63, 3.8) is 0 Å². The Morgan fingerprint density at radius 3 is 2.87 bits per heavy atom. The van der Waals surface area contributed by atoms with Crippen LogP contribution in [0, 0.1) is 12.3 Å². The molecule has 1 aromatic heterocycles. The molecule has 0 aliphatic heterocycles. The third kappa shape index (κ3) is 3.08. The number of rotatable bonds is 2. The van der Waals surface area contributed by atoms with Gasteiger partial charge in [-0.3, -0.25) is 4.79 Å². The van der Waals surface area contributed by atoms with Crippen molar-refractivity contribution in [3.05, 3.63) is 21.9 Å². The van der Waals surface area contributed by atoms with Gasteiger partial charge in [0.15, 0.2) is 10.3 Å². The van der Waals surface area contributed by atoms with Crippen molar-refractivity contribution in [1.82, 2.24) is 15.5 Å². The summed E-state index contributed by atoms with van der Waals surface area (Å²) in [6.07, 6.45) is 5.11. The third-order valence-corrected chi connectivity index (χ3v) is 2.03. The number of hydrogen-bond donors (Lipinski definition) is 1. The summed E-state index contributed by atoms with van der Waals surface area (Å²) in [5.41, 5.74) is 0.152. The predicted molar refractivity (Wildman–Crippen MR) is 57.8 cm³/mol. The molecule has 0 aliphatic carbocycles. The Bertz CT molecular complexity index is 428. The van der Waals surface area contributed by atoms with Crippen molar-refractivity contribution < 1.29 is 4.79 Å². The number of carbonyl (C=O) groups excluding carboxylic acids is 1. The maximum atomic E-state index is 11.6. The molecule has 0 bridgehead atoms. The number of nitrogens with one attached hydrogen (secondary N) is 1. The van der Waals surface area contributed by atoms with Crippen LogP contribution in [-0.4, -0.2) is 22.1 Å². The van der Waals surface area contributed by atoms with Gasteiger partial charge in [-0.2, -0.15) is 0 Å². The standard InChI is InChI=1S/C9H7Cl2N3O/c1-3-5(2)12-9(15)6-4-7(10)13-14-8(6)11/h1,4-5H,2H3,(H,12,15). The maximum absolute atomic E-state index is 11.6.